The molecule has 2 nitrogen and oxygen atoms in total. The van der Waals surface area contributed by atoms with Crippen LogP contribution in [-0.2, 0) is 4.74 Å². The molecule has 88 valence electrons. The molecule has 1 N–H and O–H groups in total. The third-order valence-electron chi connectivity index (χ3n) is 4.26. The summed E-state index contributed by atoms with van der Waals surface area (Å²) < 4.78 is 6.05. The second-order valence-corrected chi connectivity index (χ2v) is 5.64. The van der Waals surface area contributed by atoms with Gasteiger partial charge in [0.15, 0.2) is 0 Å². The van der Waals surface area contributed by atoms with Crippen LogP contribution in [0.4, 0.5) is 0 Å². The molecule has 0 bridgehead atoms. The van der Waals surface area contributed by atoms with Crippen LogP contribution in [0.5, 0.6) is 0 Å². The van der Waals surface area contributed by atoms with Crippen molar-refractivity contribution in [1.29, 1.82) is 0 Å². The summed E-state index contributed by atoms with van der Waals surface area (Å²) in [6.07, 6.45) is 6.65. The summed E-state index contributed by atoms with van der Waals surface area (Å²) in [6.45, 7) is 7.75. The zero-order valence-corrected chi connectivity index (χ0v) is 10.2. The summed E-state index contributed by atoms with van der Waals surface area (Å²) in [5, 5.41) is 3.49. The first kappa shape index (κ1) is 11.4. The van der Waals surface area contributed by atoms with E-state index in [-0.39, 0.29) is 5.60 Å². The van der Waals surface area contributed by atoms with Crippen molar-refractivity contribution in [3.8, 4) is 0 Å². The number of rotatable bonds is 1. The minimum Gasteiger partial charge on any atom is -0.372 e. The first-order valence-corrected chi connectivity index (χ1v) is 6.57. The fourth-order valence-electron chi connectivity index (χ4n) is 3.10. The van der Waals surface area contributed by atoms with Gasteiger partial charge in [0.1, 0.15) is 0 Å². The molecule has 2 atom stereocenters. The maximum atomic E-state index is 6.05. The van der Waals surface area contributed by atoms with Crippen molar-refractivity contribution >= 4 is 0 Å². The van der Waals surface area contributed by atoms with Gasteiger partial charge in [0.05, 0.1) is 12.2 Å². The van der Waals surface area contributed by atoms with Gasteiger partial charge in [-0.25, -0.2) is 0 Å². The lowest BCUT2D eigenvalue weighted by atomic mass is 9.87. The predicted molar refractivity (Wildman–Crippen MR) is 63.0 cm³/mol. The van der Waals surface area contributed by atoms with E-state index >= 15 is 0 Å². The smallest absolute Gasteiger partial charge is 0.0807 e. The molecule has 0 aromatic heterocycles. The van der Waals surface area contributed by atoms with Gasteiger partial charge in [-0.2, -0.15) is 0 Å². The molecule has 0 aromatic rings. The number of nitrogens with one attached hydrogen (secondary N) is 1. The van der Waals surface area contributed by atoms with Crippen molar-refractivity contribution in [2.45, 2.75) is 51.6 Å². The Morgan fingerprint density at radius 2 is 2.13 bits per heavy atom. The van der Waals surface area contributed by atoms with E-state index in [1.807, 2.05) is 0 Å². The van der Waals surface area contributed by atoms with E-state index < -0.39 is 0 Å². The van der Waals surface area contributed by atoms with Gasteiger partial charge in [-0.15, -0.1) is 0 Å². The fourth-order valence-corrected chi connectivity index (χ4v) is 3.10. The molecule has 2 heteroatoms. The zero-order valence-electron chi connectivity index (χ0n) is 10.2. The highest BCUT2D eigenvalue weighted by Crippen LogP contribution is 2.36. The van der Waals surface area contributed by atoms with E-state index in [0.717, 1.165) is 31.5 Å². The molecule has 0 amide bonds. The summed E-state index contributed by atoms with van der Waals surface area (Å²) in [6, 6.07) is 0. The van der Waals surface area contributed by atoms with Crippen molar-refractivity contribution in [3.05, 3.63) is 0 Å². The molecule has 2 fully saturated rings. The summed E-state index contributed by atoms with van der Waals surface area (Å²) >= 11 is 0. The van der Waals surface area contributed by atoms with Crippen molar-refractivity contribution < 1.29 is 4.74 Å². The lowest BCUT2D eigenvalue weighted by Gasteiger charge is -2.37. The molecule has 2 unspecified atom stereocenters. The molecule has 0 aromatic carbocycles. The Balaban J connectivity index is 1.93. The van der Waals surface area contributed by atoms with Crippen LogP contribution < -0.4 is 5.32 Å². The number of hydrogen-bond donors (Lipinski definition) is 1. The van der Waals surface area contributed by atoms with Crippen LogP contribution in [0, 0.1) is 11.8 Å². The molecule has 1 aliphatic carbocycles. The van der Waals surface area contributed by atoms with Crippen LogP contribution >= 0.6 is 0 Å². The van der Waals surface area contributed by atoms with E-state index in [4.69, 9.17) is 4.74 Å². The summed E-state index contributed by atoms with van der Waals surface area (Å²) in [4.78, 5) is 0. The summed E-state index contributed by atoms with van der Waals surface area (Å²) in [5.74, 6) is 1.77. The Labute approximate surface area is 93.8 Å². The zero-order chi connectivity index (χ0) is 10.7. The molecule has 2 aliphatic rings. The second kappa shape index (κ2) is 4.84. The molecular formula is C13H25NO. The monoisotopic (exact) mass is 211 g/mol. The van der Waals surface area contributed by atoms with Crippen LogP contribution in [0.15, 0.2) is 0 Å². The van der Waals surface area contributed by atoms with Gasteiger partial charge in [-0.1, -0.05) is 26.7 Å². The largest absolute Gasteiger partial charge is 0.372 e. The average molecular weight is 211 g/mol. The predicted octanol–water partition coefficient (Wildman–Crippen LogP) is 2.58. The van der Waals surface area contributed by atoms with Crippen molar-refractivity contribution in [3.63, 3.8) is 0 Å². The van der Waals surface area contributed by atoms with E-state index in [1.165, 1.54) is 32.1 Å². The van der Waals surface area contributed by atoms with Crippen molar-refractivity contribution in [1.82, 2.24) is 5.32 Å². The molecule has 1 aliphatic heterocycles. The van der Waals surface area contributed by atoms with Gasteiger partial charge < -0.3 is 10.1 Å². The molecule has 1 spiro atoms. The van der Waals surface area contributed by atoms with E-state index in [1.54, 1.807) is 0 Å². The molecule has 1 saturated heterocycles. The molecule has 2 rings (SSSR count). The maximum Gasteiger partial charge on any atom is 0.0807 e. The standard InChI is InChI=1S/C13H25NO/c1-11(2)12-4-3-6-13(7-5-12)10-14-8-9-15-13/h11-12,14H,3-10H2,1-2H3. The van der Waals surface area contributed by atoms with Crippen LogP contribution in [0.3, 0.4) is 0 Å². The maximum absolute atomic E-state index is 6.05. The van der Waals surface area contributed by atoms with Crippen LogP contribution in [0.25, 0.3) is 0 Å². The third kappa shape index (κ3) is 2.73. The van der Waals surface area contributed by atoms with Crippen LogP contribution in [0.1, 0.15) is 46.0 Å². The second-order valence-electron chi connectivity index (χ2n) is 5.64. The van der Waals surface area contributed by atoms with Gasteiger partial charge in [0.25, 0.3) is 0 Å². The Morgan fingerprint density at radius 3 is 2.80 bits per heavy atom. The molecule has 1 saturated carbocycles. The van der Waals surface area contributed by atoms with Gasteiger partial charge in [0, 0.05) is 13.1 Å². The fraction of sp³-hybridized carbons (Fsp3) is 1.00. The van der Waals surface area contributed by atoms with Crippen molar-refractivity contribution in [2.75, 3.05) is 19.7 Å². The Morgan fingerprint density at radius 1 is 1.27 bits per heavy atom. The molecule has 15 heavy (non-hydrogen) atoms. The van der Waals surface area contributed by atoms with Gasteiger partial charge in [-0.3, -0.25) is 0 Å². The quantitative estimate of drug-likeness (QED) is 0.720. The highest BCUT2D eigenvalue weighted by atomic mass is 16.5. The number of morpholine rings is 1. The van der Waals surface area contributed by atoms with Crippen molar-refractivity contribution in [2.24, 2.45) is 11.8 Å². The van der Waals surface area contributed by atoms with E-state index in [9.17, 15) is 0 Å². The first-order chi connectivity index (χ1) is 7.22. The normalized spacial score (nSPS) is 38.2. The van der Waals surface area contributed by atoms with Gasteiger partial charge in [0.2, 0.25) is 0 Å². The summed E-state index contributed by atoms with van der Waals surface area (Å²) in [5.41, 5.74) is 0.196. The van der Waals surface area contributed by atoms with E-state index in [2.05, 4.69) is 19.2 Å². The van der Waals surface area contributed by atoms with Crippen LogP contribution in [0.2, 0.25) is 0 Å². The highest BCUT2D eigenvalue weighted by molar-refractivity contribution is 4.89. The SMILES string of the molecule is CC(C)C1CCCC2(CC1)CNCCO2. The number of ether oxygens (including phenoxy) is 1. The Kier molecular flexibility index (Phi) is 3.68. The lowest BCUT2D eigenvalue weighted by molar-refractivity contribution is -0.0758. The topological polar surface area (TPSA) is 21.3 Å². The van der Waals surface area contributed by atoms with E-state index in [0.29, 0.717) is 0 Å². The molecule has 1 heterocycles. The molecule has 0 radical (unpaired) electrons. The summed E-state index contributed by atoms with van der Waals surface area (Å²) in [7, 11) is 0. The molecular weight excluding hydrogens is 186 g/mol. The minimum atomic E-state index is 0.196. The van der Waals surface area contributed by atoms with Gasteiger partial charge in [-0.05, 0) is 31.1 Å². The third-order valence-corrected chi connectivity index (χ3v) is 4.26. The number of hydrogen-bond acceptors (Lipinski definition) is 2. The van der Waals surface area contributed by atoms with Crippen LogP contribution in [-0.4, -0.2) is 25.3 Å². The highest BCUT2D eigenvalue weighted by Gasteiger charge is 2.35. The lowest BCUT2D eigenvalue weighted by Crippen LogP contribution is -2.49. The minimum absolute atomic E-state index is 0.196. The first-order valence-electron chi connectivity index (χ1n) is 6.57. The average Bonchev–Trinajstić information content (AvgIpc) is 2.43. The van der Waals surface area contributed by atoms with Gasteiger partial charge >= 0.3 is 0 Å². The Hall–Kier alpha value is -0.0800. The Bertz CT molecular complexity index is 197.